The summed E-state index contributed by atoms with van der Waals surface area (Å²) in [7, 11) is 0. The number of nitrogens with zero attached hydrogens (tertiary/aromatic N) is 2. The first kappa shape index (κ1) is 18.6. The van der Waals surface area contributed by atoms with Crippen molar-refractivity contribution in [2.45, 2.75) is 19.2 Å². The van der Waals surface area contributed by atoms with Crippen molar-refractivity contribution >= 4 is 39.7 Å². The van der Waals surface area contributed by atoms with E-state index in [9.17, 15) is 9.59 Å². The van der Waals surface area contributed by atoms with E-state index in [-0.39, 0.29) is 11.5 Å². The number of benzene rings is 1. The minimum atomic E-state index is -0.0892. The number of rotatable bonds is 8. The number of hydrogen-bond acceptors (Lipinski definition) is 6. The minimum Gasteiger partial charge on any atom is -0.325 e. The highest BCUT2D eigenvalue weighted by molar-refractivity contribution is 7.99. The van der Waals surface area contributed by atoms with Crippen molar-refractivity contribution in [1.82, 2.24) is 14.7 Å². The van der Waals surface area contributed by atoms with Gasteiger partial charge in [0.2, 0.25) is 5.91 Å². The number of thiazole rings is 1. The van der Waals surface area contributed by atoms with E-state index >= 15 is 0 Å². The fourth-order valence-electron chi connectivity index (χ4n) is 2.45. The quantitative estimate of drug-likeness (QED) is 0.621. The van der Waals surface area contributed by atoms with Gasteiger partial charge in [-0.2, -0.15) is 0 Å². The van der Waals surface area contributed by atoms with Gasteiger partial charge in [-0.15, -0.1) is 23.1 Å². The van der Waals surface area contributed by atoms with Crippen LogP contribution in [0, 0.1) is 0 Å². The van der Waals surface area contributed by atoms with Crippen LogP contribution in [0.2, 0.25) is 0 Å². The Bertz CT molecular complexity index is 952. The van der Waals surface area contributed by atoms with Crippen LogP contribution in [0.15, 0.2) is 46.7 Å². The topological polar surface area (TPSA) is 75.5 Å². The number of para-hydroxylation sites is 1. The zero-order chi connectivity index (χ0) is 18.4. The minimum absolute atomic E-state index is 0.0622. The van der Waals surface area contributed by atoms with Gasteiger partial charge in [-0.1, -0.05) is 25.1 Å². The Morgan fingerprint density at radius 3 is 3.04 bits per heavy atom. The summed E-state index contributed by atoms with van der Waals surface area (Å²) in [5.74, 6) is 0.768. The van der Waals surface area contributed by atoms with Gasteiger partial charge in [0.15, 0.2) is 4.96 Å². The summed E-state index contributed by atoms with van der Waals surface area (Å²) in [5.41, 5.74) is 2.50. The molecule has 0 fully saturated rings. The fourth-order valence-corrected chi connectivity index (χ4v) is 3.91. The normalized spacial score (nSPS) is 11.0. The summed E-state index contributed by atoms with van der Waals surface area (Å²) in [6.07, 6.45) is 1.71. The summed E-state index contributed by atoms with van der Waals surface area (Å²) in [6, 6.07) is 9.30. The summed E-state index contributed by atoms with van der Waals surface area (Å²) in [5, 5.41) is 8.06. The summed E-state index contributed by atoms with van der Waals surface area (Å²) in [6.45, 7) is 3.64. The molecule has 6 nitrogen and oxygen atoms in total. The van der Waals surface area contributed by atoms with Crippen LogP contribution in [-0.2, 0) is 17.1 Å². The zero-order valence-corrected chi connectivity index (χ0v) is 16.0. The molecule has 0 unspecified atom stereocenters. The summed E-state index contributed by atoms with van der Waals surface area (Å²) >= 11 is 2.87. The van der Waals surface area contributed by atoms with E-state index in [1.165, 1.54) is 33.6 Å². The molecule has 1 amide bonds. The van der Waals surface area contributed by atoms with Gasteiger partial charge in [0.1, 0.15) is 0 Å². The number of aromatic nitrogens is 2. The van der Waals surface area contributed by atoms with Crippen LogP contribution in [-0.4, -0.2) is 27.6 Å². The molecule has 0 radical (unpaired) electrons. The SMILES string of the molecule is CCNCc1ccccc1NC(=O)CSCc1cc(=O)n2ccsc2n1. The second kappa shape index (κ2) is 8.98. The molecule has 3 rings (SSSR count). The fraction of sp³-hybridized carbons (Fsp3) is 0.278. The Balaban J connectivity index is 1.55. The first-order valence-corrected chi connectivity index (χ1v) is 10.3. The molecule has 0 bridgehead atoms. The lowest BCUT2D eigenvalue weighted by atomic mass is 10.1. The Kier molecular flexibility index (Phi) is 6.43. The van der Waals surface area contributed by atoms with Crippen molar-refractivity contribution in [3.8, 4) is 0 Å². The van der Waals surface area contributed by atoms with Crippen LogP contribution in [0.4, 0.5) is 5.69 Å². The first-order chi connectivity index (χ1) is 12.7. The summed E-state index contributed by atoms with van der Waals surface area (Å²) in [4.78, 5) is 29.3. The Labute approximate surface area is 159 Å². The molecule has 0 saturated heterocycles. The number of thioether (sulfide) groups is 1. The molecule has 0 aliphatic heterocycles. The largest absolute Gasteiger partial charge is 0.325 e. The Hall–Kier alpha value is -2.16. The number of amides is 1. The van der Waals surface area contributed by atoms with Gasteiger partial charge in [-0.05, 0) is 18.2 Å². The van der Waals surface area contributed by atoms with Crippen LogP contribution >= 0.6 is 23.1 Å². The smallest absolute Gasteiger partial charge is 0.258 e. The molecule has 136 valence electrons. The average molecular weight is 389 g/mol. The molecular weight excluding hydrogens is 368 g/mol. The highest BCUT2D eigenvalue weighted by Gasteiger charge is 2.08. The van der Waals surface area contributed by atoms with E-state index in [0.29, 0.717) is 22.2 Å². The molecule has 2 aromatic heterocycles. The summed E-state index contributed by atoms with van der Waals surface area (Å²) < 4.78 is 1.52. The van der Waals surface area contributed by atoms with Gasteiger partial charge in [0.05, 0.1) is 11.4 Å². The molecule has 0 saturated carbocycles. The molecule has 2 heterocycles. The van der Waals surface area contributed by atoms with Gasteiger partial charge in [0.25, 0.3) is 5.56 Å². The molecule has 1 aromatic carbocycles. The van der Waals surface area contributed by atoms with Crippen LogP contribution in [0.25, 0.3) is 4.96 Å². The van der Waals surface area contributed by atoms with Gasteiger partial charge in [0, 0.05) is 35.6 Å². The van der Waals surface area contributed by atoms with Gasteiger partial charge < -0.3 is 10.6 Å². The lowest BCUT2D eigenvalue weighted by molar-refractivity contribution is -0.113. The molecule has 2 N–H and O–H groups in total. The van der Waals surface area contributed by atoms with Gasteiger partial charge >= 0.3 is 0 Å². The van der Waals surface area contributed by atoms with Gasteiger partial charge in [-0.25, -0.2) is 4.98 Å². The predicted molar refractivity (Wildman–Crippen MR) is 108 cm³/mol. The van der Waals surface area contributed by atoms with E-state index in [1.54, 1.807) is 6.20 Å². The van der Waals surface area contributed by atoms with E-state index in [0.717, 1.165) is 24.3 Å². The highest BCUT2D eigenvalue weighted by Crippen LogP contribution is 2.16. The maximum Gasteiger partial charge on any atom is 0.258 e. The average Bonchev–Trinajstić information content (AvgIpc) is 3.10. The molecule has 26 heavy (non-hydrogen) atoms. The number of carbonyl (C=O) groups excluding carboxylic acids is 1. The highest BCUT2D eigenvalue weighted by atomic mass is 32.2. The molecule has 0 atom stereocenters. The maximum atomic E-state index is 12.2. The van der Waals surface area contributed by atoms with Crippen LogP contribution < -0.4 is 16.2 Å². The number of fused-ring (bicyclic) bond motifs is 1. The van der Waals surface area contributed by atoms with E-state index in [4.69, 9.17) is 0 Å². The van der Waals surface area contributed by atoms with Crippen LogP contribution in [0.3, 0.4) is 0 Å². The molecule has 0 aliphatic carbocycles. The van der Waals surface area contributed by atoms with Crippen LogP contribution in [0.1, 0.15) is 18.2 Å². The number of nitrogens with one attached hydrogen (secondary N) is 2. The molecule has 0 aliphatic rings. The second-order valence-corrected chi connectivity index (χ2v) is 7.48. The number of hydrogen-bond donors (Lipinski definition) is 2. The van der Waals surface area contributed by atoms with Crippen molar-refractivity contribution < 1.29 is 4.79 Å². The van der Waals surface area contributed by atoms with Crippen molar-refractivity contribution in [2.24, 2.45) is 0 Å². The number of carbonyl (C=O) groups is 1. The van der Waals surface area contributed by atoms with Crippen LogP contribution in [0.5, 0.6) is 0 Å². The lowest BCUT2D eigenvalue weighted by Crippen LogP contribution is -2.18. The van der Waals surface area contributed by atoms with E-state index in [2.05, 4.69) is 15.6 Å². The lowest BCUT2D eigenvalue weighted by Gasteiger charge is -2.11. The monoisotopic (exact) mass is 388 g/mol. The molecular formula is C18H20N4O2S2. The predicted octanol–water partition coefficient (Wildman–Crippen LogP) is 2.74. The third-order valence-electron chi connectivity index (χ3n) is 3.70. The zero-order valence-electron chi connectivity index (χ0n) is 14.4. The first-order valence-electron chi connectivity index (χ1n) is 8.29. The van der Waals surface area contributed by atoms with E-state index < -0.39 is 0 Å². The second-order valence-electron chi connectivity index (χ2n) is 5.62. The third-order valence-corrected chi connectivity index (χ3v) is 5.42. The molecule has 8 heteroatoms. The Morgan fingerprint density at radius 2 is 2.19 bits per heavy atom. The Morgan fingerprint density at radius 1 is 1.35 bits per heavy atom. The van der Waals surface area contributed by atoms with Crippen molar-refractivity contribution in [3.05, 3.63) is 63.5 Å². The standard InChI is InChI=1S/C18H20N4O2S2/c1-2-19-10-13-5-3-4-6-15(13)21-16(23)12-25-11-14-9-17(24)22-7-8-26-18(22)20-14/h3-9,19H,2,10-12H2,1H3,(H,21,23). The molecule has 3 aromatic rings. The van der Waals surface area contributed by atoms with Crippen molar-refractivity contribution in [3.63, 3.8) is 0 Å². The maximum absolute atomic E-state index is 12.2. The van der Waals surface area contributed by atoms with Gasteiger partial charge in [-0.3, -0.25) is 14.0 Å². The van der Waals surface area contributed by atoms with E-state index in [1.807, 2.05) is 36.6 Å². The van der Waals surface area contributed by atoms with Crippen molar-refractivity contribution in [2.75, 3.05) is 17.6 Å². The molecule has 0 spiro atoms. The third kappa shape index (κ3) is 4.72. The van der Waals surface area contributed by atoms with Crippen molar-refractivity contribution in [1.29, 1.82) is 0 Å². The number of anilines is 1.